The summed E-state index contributed by atoms with van der Waals surface area (Å²) in [6, 6.07) is 9.77. The first-order valence-electron chi connectivity index (χ1n) is 7.67. The maximum absolute atomic E-state index is 12.0. The Bertz CT molecular complexity index is 625. The van der Waals surface area contributed by atoms with Crippen molar-refractivity contribution in [2.75, 3.05) is 20.3 Å². The van der Waals surface area contributed by atoms with Crippen molar-refractivity contribution < 1.29 is 14.3 Å². The average molecular weight is 317 g/mol. The highest BCUT2D eigenvalue weighted by Crippen LogP contribution is 2.19. The molecule has 0 saturated heterocycles. The van der Waals surface area contributed by atoms with Gasteiger partial charge >= 0.3 is 0 Å². The topological polar surface area (TPSA) is 65.4 Å². The quantitative estimate of drug-likeness (QED) is 0.757. The summed E-state index contributed by atoms with van der Waals surface area (Å²) < 4.78 is 12.4. The Morgan fingerprint density at radius 2 is 2.09 bits per heavy atom. The summed E-state index contributed by atoms with van der Waals surface area (Å²) in [6.45, 7) is 4.81. The van der Waals surface area contributed by atoms with Crippen LogP contribution in [0.25, 0.3) is 5.69 Å². The van der Waals surface area contributed by atoms with Crippen LogP contribution < -0.4 is 10.1 Å². The third-order valence-electron chi connectivity index (χ3n) is 3.35. The number of aryl methyl sites for hydroxylation is 1. The number of methoxy groups -OCH3 is 1. The molecular weight excluding hydrogens is 294 g/mol. The van der Waals surface area contributed by atoms with Crippen molar-refractivity contribution >= 4 is 5.91 Å². The van der Waals surface area contributed by atoms with Crippen molar-refractivity contribution in [1.29, 1.82) is 0 Å². The molecular formula is C17H23N3O3. The summed E-state index contributed by atoms with van der Waals surface area (Å²) in [6.07, 6.45) is 2.06. The van der Waals surface area contributed by atoms with Crippen molar-refractivity contribution in [3.05, 3.63) is 42.1 Å². The molecule has 0 aliphatic carbocycles. The van der Waals surface area contributed by atoms with Gasteiger partial charge in [0, 0.05) is 32.0 Å². The number of ether oxygens (including phenoxy) is 2. The van der Waals surface area contributed by atoms with Gasteiger partial charge < -0.3 is 14.8 Å². The summed E-state index contributed by atoms with van der Waals surface area (Å²) in [7, 11) is 1.64. The second kappa shape index (κ2) is 8.33. The summed E-state index contributed by atoms with van der Waals surface area (Å²) in [5.41, 5.74) is 1.83. The Balaban J connectivity index is 1.95. The second-order valence-electron chi connectivity index (χ2n) is 5.29. The Morgan fingerprint density at radius 1 is 1.35 bits per heavy atom. The first-order valence-corrected chi connectivity index (χ1v) is 7.67. The largest absolute Gasteiger partial charge is 0.463 e. The van der Waals surface area contributed by atoms with Crippen molar-refractivity contribution in [3.8, 4) is 11.6 Å². The lowest BCUT2D eigenvalue weighted by atomic mass is 10.3. The van der Waals surface area contributed by atoms with Gasteiger partial charge in [0.05, 0.1) is 5.69 Å². The van der Waals surface area contributed by atoms with Gasteiger partial charge in [0.25, 0.3) is 5.91 Å². The molecule has 0 bridgehead atoms. The van der Waals surface area contributed by atoms with Crippen LogP contribution in [0.1, 0.15) is 18.9 Å². The van der Waals surface area contributed by atoms with Crippen LogP contribution in [0.3, 0.4) is 0 Å². The average Bonchev–Trinajstić information content (AvgIpc) is 2.93. The Hall–Kier alpha value is -2.34. The monoisotopic (exact) mass is 317 g/mol. The summed E-state index contributed by atoms with van der Waals surface area (Å²) in [4.78, 5) is 12.0. The lowest BCUT2D eigenvalue weighted by Gasteiger charge is -2.13. The zero-order chi connectivity index (χ0) is 16.7. The highest BCUT2D eigenvalue weighted by molar-refractivity contribution is 5.80. The number of nitrogens with zero attached hydrogens (tertiary/aromatic N) is 2. The number of benzene rings is 1. The van der Waals surface area contributed by atoms with E-state index < -0.39 is 6.10 Å². The van der Waals surface area contributed by atoms with Gasteiger partial charge in [-0.05, 0) is 32.4 Å². The molecule has 1 N–H and O–H groups in total. The van der Waals surface area contributed by atoms with Crippen LogP contribution in [0, 0.1) is 6.92 Å². The fourth-order valence-corrected chi connectivity index (χ4v) is 2.07. The molecule has 1 aromatic carbocycles. The van der Waals surface area contributed by atoms with Crippen LogP contribution in [0.2, 0.25) is 0 Å². The van der Waals surface area contributed by atoms with Crippen molar-refractivity contribution in [3.63, 3.8) is 0 Å². The molecule has 6 nitrogen and oxygen atoms in total. The van der Waals surface area contributed by atoms with E-state index in [0.29, 0.717) is 19.0 Å². The van der Waals surface area contributed by atoms with Crippen LogP contribution in [0.4, 0.5) is 0 Å². The van der Waals surface area contributed by atoms with Gasteiger partial charge in [-0.25, -0.2) is 4.68 Å². The molecule has 0 radical (unpaired) electrons. The lowest BCUT2D eigenvalue weighted by Crippen LogP contribution is -2.37. The number of carbonyl (C=O) groups excluding carboxylic acids is 1. The zero-order valence-electron chi connectivity index (χ0n) is 13.8. The summed E-state index contributed by atoms with van der Waals surface area (Å²) in [5.74, 6) is 0.308. The first kappa shape index (κ1) is 17.0. The minimum atomic E-state index is -0.602. The normalized spacial score (nSPS) is 12.0. The first-order chi connectivity index (χ1) is 11.1. The van der Waals surface area contributed by atoms with E-state index in [-0.39, 0.29) is 5.91 Å². The molecule has 2 aromatic rings. The molecule has 0 fully saturated rings. The smallest absolute Gasteiger partial charge is 0.260 e. The number of nitrogens with one attached hydrogen (secondary N) is 1. The third-order valence-corrected chi connectivity index (χ3v) is 3.35. The van der Waals surface area contributed by atoms with Crippen LogP contribution in [0.5, 0.6) is 5.88 Å². The minimum Gasteiger partial charge on any atom is -0.463 e. The van der Waals surface area contributed by atoms with Crippen molar-refractivity contribution in [2.24, 2.45) is 0 Å². The predicted octanol–water partition coefficient (Wildman–Crippen LogP) is 2.10. The molecule has 1 atom stereocenters. The maximum Gasteiger partial charge on any atom is 0.260 e. The van der Waals surface area contributed by atoms with E-state index in [4.69, 9.17) is 9.47 Å². The molecule has 23 heavy (non-hydrogen) atoms. The molecule has 0 aliphatic rings. The molecule has 0 spiro atoms. The van der Waals surface area contributed by atoms with Crippen LogP contribution in [0.15, 0.2) is 36.5 Å². The Kier molecular flexibility index (Phi) is 6.17. The molecule has 2 rings (SSSR count). The number of amides is 1. The van der Waals surface area contributed by atoms with Gasteiger partial charge in [-0.1, -0.05) is 18.2 Å². The standard InChI is InChI=1S/C17H23N3O3/c1-13-12-20(15-8-5-4-6-9-15)19-17(13)23-14(2)16(21)18-10-7-11-22-3/h4-6,8-9,12,14H,7,10-11H2,1-3H3,(H,18,21). The number of hydrogen-bond acceptors (Lipinski definition) is 4. The third kappa shape index (κ3) is 4.82. The van der Waals surface area contributed by atoms with Crippen LogP contribution in [-0.4, -0.2) is 42.1 Å². The number of aromatic nitrogens is 2. The maximum atomic E-state index is 12.0. The molecule has 1 unspecified atom stereocenters. The minimum absolute atomic E-state index is 0.158. The zero-order valence-corrected chi connectivity index (χ0v) is 13.8. The van der Waals surface area contributed by atoms with Crippen LogP contribution >= 0.6 is 0 Å². The number of carbonyl (C=O) groups is 1. The molecule has 1 aromatic heterocycles. The van der Waals surface area contributed by atoms with Gasteiger partial charge in [-0.2, -0.15) is 0 Å². The van der Waals surface area contributed by atoms with E-state index in [1.807, 2.05) is 43.5 Å². The molecule has 6 heteroatoms. The SMILES string of the molecule is COCCCNC(=O)C(C)Oc1nn(-c2ccccc2)cc1C. The van der Waals surface area contributed by atoms with Crippen molar-refractivity contribution in [1.82, 2.24) is 15.1 Å². The van der Waals surface area contributed by atoms with E-state index in [2.05, 4.69) is 10.4 Å². The highest BCUT2D eigenvalue weighted by atomic mass is 16.5. The molecule has 1 heterocycles. The predicted molar refractivity (Wildman–Crippen MR) is 87.9 cm³/mol. The fourth-order valence-electron chi connectivity index (χ4n) is 2.07. The van der Waals surface area contributed by atoms with Gasteiger partial charge in [-0.3, -0.25) is 4.79 Å². The van der Waals surface area contributed by atoms with Gasteiger partial charge in [0.2, 0.25) is 5.88 Å². The van der Waals surface area contributed by atoms with E-state index in [1.165, 1.54) is 0 Å². The number of rotatable bonds is 8. The Morgan fingerprint density at radius 3 is 2.78 bits per heavy atom. The number of hydrogen-bond donors (Lipinski definition) is 1. The van der Waals surface area contributed by atoms with E-state index in [0.717, 1.165) is 17.7 Å². The van der Waals surface area contributed by atoms with Gasteiger partial charge in [-0.15, -0.1) is 5.10 Å². The fraction of sp³-hybridized carbons (Fsp3) is 0.412. The molecule has 0 aliphatic heterocycles. The van der Waals surface area contributed by atoms with Crippen LogP contribution in [-0.2, 0) is 9.53 Å². The van der Waals surface area contributed by atoms with Gasteiger partial charge in [0.15, 0.2) is 6.10 Å². The van der Waals surface area contributed by atoms with E-state index >= 15 is 0 Å². The summed E-state index contributed by atoms with van der Waals surface area (Å²) in [5, 5.41) is 7.22. The highest BCUT2D eigenvalue weighted by Gasteiger charge is 2.17. The summed E-state index contributed by atoms with van der Waals surface area (Å²) >= 11 is 0. The Labute approximate surface area is 136 Å². The molecule has 0 saturated carbocycles. The van der Waals surface area contributed by atoms with Crippen molar-refractivity contribution in [2.45, 2.75) is 26.4 Å². The molecule has 124 valence electrons. The molecule has 1 amide bonds. The van der Waals surface area contributed by atoms with E-state index in [1.54, 1.807) is 18.7 Å². The lowest BCUT2D eigenvalue weighted by molar-refractivity contribution is -0.127. The number of para-hydroxylation sites is 1. The second-order valence-corrected chi connectivity index (χ2v) is 5.29. The van der Waals surface area contributed by atoms with E-state index in [9.17, 15) is 4.79 Å². The van der Waals surface area contributed by atoms with Gasteiger partial charge in [0.1, 0.15) is 0 Å².